The van der Waals surface area contributed by atoms with E-state index in [0.717, 1.165) is 21.7 Å². The Morgan fingerprint density at radius 1 is 1.36 bits per heavy atom. The van der Waals surface area contributed by atoms with Gasteiger partial charge in [0.15, 0.2) is 0 Å². The molecule has 0 radical (unpaired) electrons. The molecule has 0 aliphatic carbocycles. The lowest BCUT2D eigenvalue weighted by atomic mass is 9.85. The summed E-state index contributed by atoms with van der Waals surface area (Å²) in [5.74, 6) is 0.721. The first kappa shape index (κ1) is 9.09. The molecule has 2 bridgehead atoms. The Balaban J connectivity index is 1.86. The fourth-order valence-corrected chi connectivity index (χ4v) is 3.12. The van der Waals surface area contributed by atoms with E-state index in [0.29, 0.717) is 0 Å². The van der Waals surface area contributed by atoms with E-state index in [-0.39, 0.29) is 0 Å². The standard InChI is InChI=1S/C11H13IN2/c12-11-4-1-7(6-13-11)9-5-8-2-3-10(9)14-8/h1,4,6,8-10,14H,2-3,5H2/t8-,9?,10+/m0/s1/i12-4. The van der Waals surface area contributed by atoms with Crippen molar-refractivity contribution >= 4 is 22.6 Å². The second kappa shape index (κ2) is 3.45. The molecule has 3 atom stereocenters. The van der Waals surface area contributed by atoms with Crippen molar-refractivity contribution in [2.24, 2.45) is 0 Å². The second-order valence-electron chi connectivity index (χ2n) is 4.30. The molecule has 0 aromatic carbocycles. The molecule has 3 heteroatoms. The van der Waals surface area contributed by atoms with Crippen LogP contribution in [0.4, 0.5) is 0 Å². The SMILES string of the molecule is [123I]c1ccc(C2C[C@@H]3CC[C@H]2N3)cn1. The Kier molecular flexibility index (Phi) is 2.24. The van der Waals surface area contributed by atoms with Crippen molar-refractivity contribution in [1.29, 1.82) is 0 Å². The van der Waals surface area contributed by atoms with Crippen LogP contribution in [0.3, 0.4) is 0 Å². The summed E-state index contributed by atoms with van der Waals surface area (Å²) in [7, 11) is 0. The van der Waals surface area contributed by atoms with Gasteiger partial charge >= 0.3 is 0 Å². The zero-order chi connectivity index (χ0) is 9.54. The van der Waals surface area contributed by atoms with Crippen LogP contribution in [-0.2, 0) is 0 Å². The van der Waals surface area contributed by atoms with Gasteiger partial charge in [0.25, 0.3) is 0 Å². The summed E-state index contributed by atoms with van der Waals surface area (Å²) >= 11 is 2.26. The van der Waals surface area contributed by atoms with Crippen LogP contribution in [0.2, 0.25) is 0 Å². The molecule has 3 heterocycles. The third kappa shape index (κ3) is 1.46. The number of pyridine rings is 1. The molecule has 2 nitrogen and oxygen atoms in total. The third-order valence-corrected chi connectivity index (χ3v) is 4.12. The van der Waals surface area contributed by atoms with Gasteiger partial charge in [-0.1, -0.05) is 6.07 Å². The number of fused-ring (bicyclic) bond motifs is 2. The van der Waals surface area contributed by atoms with Gasteiger partial charge in [0.05, 0.1) is 0 Å². The molecular formula is C11H13IN2. The minimum Gasteiger partial charge on any atom is -0.311 e. The van der Waals surface area contributed by atoms with Crippen molar-refractivity contribution in [1.82, 2.24) is 10.3 Å². The average molecular weight is 296 g/mol. The van der Waals surface area contributed by atoms with Crippen LogP contribution >= 0.6 is 22.6 Å². The fourth-order valence-electron chi connectivity index (χ4n) is 2.80. The first-order valence-electron chi connectivity index (χ1n) is 5.20. The van der Waals surface area contributed by atoms with Gasteiger partial charge in [0.1, 0.15) is 3.70 Å². The molecule has 0 spiro atoms. The van der Waals surface area contributed by atoms with E-state index < -0.39 is 0 Å². The highest BCUT2D eigenvalue weighted by Gasteiger charge is 2.39. The summed E-state index contributed by atoms with van der Waals surface area (Å²) in [5, 5.41) is 3.66. The summed E-state index contributed by atoms with van der Waals surface area (Å²) < 4.78 is 1.09. The summed E-state index contributed by atoms with van der Waals surface area (Å²) in [5.41, 5.74) is 1.42. The fraction of sp³-hybridized carbons (Fsp3) is 0.545. The van der Waals surface area contributed by atoms with Gasteiger partial charge < -0.3 is 5.32 Å². The predicted molar refractivity (Wildman–Crippen MR) is 64.3 cm³/mol. The Morgan fingerprint density at radius 3 is 2.86 bits per heavy atom. The van der Waals surface area contributed by atoms with Crippen molar-refractivity contribution in [2.75, 3.05) is 0 Å². The number of nitrogens with zero attached hydrogens (tertiary/aromatic N) is 1. The molecule has 14 heavy (non-hydrogen) atoms. The highest BCUT2D eigenvalue weighted by Crippen LogP contribution is 2.39. The first-order valence-corrected chi connectivity index (χ1v) is 6.28. The van der Waals surface area contributed by atoms with Crippen LogP contribution in [0.15, 0.2) is 18.3 Å². The van der Waals surface area contributed by atoms with Crippen molar-refractivity contribution in [2.45, 2.75) is 37.3 Å². The zero-order valence-corrected chi connectivity index (χ0v) is 10.1. The van der Waals surface area contributed by atoms with Gasteiger partial charge in [0.2, 0.25) is 0 Å². The van der Waals surface area contributed by atoms with Gasteiger partial charge in [-0.15, -0.1) is 0 Å². The minimum absolute atomic E-state index is 0.721. The summed E-state index contributed by atoms with van der Waals surface area (Å²) in [6.07, 6.45) is 6.09. The van der Waals surface area contributed by atoms with Crippen LogP contribution in [0.5, 0.6) is 0 Å². The first-order chi connectivity index (χ1) is 6.83. The number of rotatable bonds is 1. The summed E-state index contributed by atoms with van der Waals surface area (Å²) in [6, 6.07) is 5.86. The molecule has 1 unspecified atom stereocenters. The maximum absolute atomic E-state index is 4.37. The Morgan fingerprint density at radius 2 is 2.29 bits per heavy atom. The lowest BCUT2D eigenvalue weighted by molar-refractivity contribution is 0.505. The number of aromatic nitrogens is 1. The molecule has 1 aromatic rings. The van der Waals surface area contributed by atoms with E-state index in [1.807, 2.05) is 0 Å². The number of hydrogen-bond acceptors (Lipinski definition) is 2. The number of halogens is 1. The quantitative estimate of drug-likeness (QED) is 0.635. The van der Waals surface area contributed by atoms with Crippen LogP contribution in [0, 0.1) is 3.70 Å². The van der Waals surface area contributed by atoms with Gasteiger partial charge in [-0.2, -0.15) is 0 Å². The molecule has 2 aliphatic rings. The topological polar surface area (TPSA) is 24.9 Å². The van der Waals surface area contributed by atoms with Crippen LogP contribution in [0.1, 0.15) is 30.7 Å². The van der Waals surface area contributed by atoms with E-state index in [1.54, 1.807) is 0 Å². The molecule has 2 aliphatic heterocycles. The molecular weight excluding hydrogens is 283 g/mol. The highest BCUT2D eigenvalue weighted by molar-refractivity contribution is 14.1. The van der Waals surface area contributed by atoms with Crippen molar-refractivity contribution in [3.8, 4) is 0 Å². The second-order valence-corrected chi connectivity index (χ2v) is 5.41. The van der Waals surface area contributed by atoms with Crippen LogP contribution in [0.25, 0.3) is 0 Å². The molecule has 0 amide bonds. The molecule has 3 rings (SSSR count). The number of hydrogen-bond donors (Lipinski definition) is 1. The average Bonchev–Trinajstić information content (AvgIpc) is 2.80. The van der Waals surface area contributed by atoms with Gasteiger partial charge in [-0.05, 0) is 53.5 Å². The van der Waals surface area contributed by atoms with Crippen molar-refractivity contribution < 1.29 is 0 Å². The van der Waals surface area contributed by atoms with Crippen LogP contribution in [-0.4, -0.2) is 17.1 Å². The normalized spacial score (nSPS) is 35.1. The summed E-state index contributed by atoms with van der Waals surface area (Å²) in [4.78, 5) is 4.37. The van der Waals surface area contributed by atoms with E-state index in [2.05, 4.69) is 51.2 Å². The van der Waals surface area contributed by atoms with Crippen molar-refractivity contribution in [3.63, 3.8) is 0 Å². The molecule has 74 valence electrons. The highest BCUT2D eigenvalue weighted by atomic mass is 123. The Bertz CT molecular complexity index is 336. The van der Waals surface area contributed by atoms with Gasteiger partial charge in [0, 0.05) is 24.2 Å². The Labute approximate surface area is 97.6 Å². The lowest BCUT2D eigenvalue weighted by Crippen LogP contribution is -2.21. The van der Waals surface area contributed by atoms with Crippen LogP contribution < -0.4 is 5.32 Å². The van der Waals surface area contributed by atoms with Crippen molar-refractivity contribution in [3.05, 3.63) is 27.6 Å². The van der Waals surface area contributed by atoms with E-state index in [9.17, 15) is 0 Å². The summed E-state index contributed by atoms with van der Waals surface area (Å²) in [6.45, 7) is 0. The van der Waals surface area contributed by atoms with Gasteiger partial charge in [-0.25, -0.2) is 0 Å². The number of nitrogens with one attached hydrogen (secondary N) is 1. The Hall–Kier alpha value is -0.160. The molecule has 2 saturated heterocycles. The molecule has 1 N–H and O–H groups in total. The maximum atomic E-state index is 4.37. The maximum Gasteiger partial charge on any atom is 0.101 e. The predicted octanol–water partition coefficient (Wildman–Crippen LogP) is 2.29. The van der Waals surface area contributed by atoms with Gasteiger partial charge in [-0.3, -0.25) is 4.98 Å². The molecule has 2 fully saturated rings. The molecule has 1 aromatic heterocycles. The zero-order valence-electron chi connectivity index (χ0n) is 7.91. The third-order valence-electron chi connectivity index (χ3n) is 3.48. The van der Waals surface area contributed by atoms with E-state index in [4.69, 9.17) is 0 Å². The smallest absolute Gasteiger partial charge is 0.101 e. The largest absolute Gasteiger partial charge is 0.311 e. The van der Waals surface area contributed by atoms with E-state index >= 15 is 0 Å². The lowest BCUT2D eigenvalue weighted by Gasteiger charge is -2.19. The monoisotopic (exact) mass is 296 g/mol. The van der Waals surface area contributed by atoms with E-state index in [1.165, 1.54) is 24.8 Å². The minimum atomic E-state index is 0.721. The molecule has 0 saturated carbocycles.